The van der Waals surface area contributed by atoms with E-state index in [2.05, 4.69) is 30.9 Å². The molecule has 2 heterocycles. The lowest BCUT2D eigenvalue weighted by Gasteiger charge is -2.05. The number of benzene rings is 1. The number of H-pyrrole nitrogens is 1. The molecule has 9 heteroatoms. The molecule has 0 bridgehead atoms. The van der Waals surface area contributed by atoms with Gasteiger partial charge in [-0.05, 0) is 23.8 Å². The molecular formula is C13H12N6O3. The van der Waals surface area contributed by atoms with Crippen molar-refractivity contribution in [3.63, 3.8) is 0 Å². The van der Waals surface area contributed by atoms with Crippen molar-refractivity contribution in [2.45, 2.75) is 13.3 Å². The van der Waals surface area contributed by atoms with Crippen LogP contribution >= 0.6 is 0 Å². The third-order valence-electron chi connectivity index (χ3n) is 2.67. The first-order valence-electron chi connectivity index (χ1n) is 6.54. The van der Waals surface area contributed by atoms with Crippen LogP contribution in [0.5, 0.6) is 6.01 Å². The van der Waals surface area contributed by atoms with Crippen molar-refractivity contribution in [1.29, 1.82) is 0 Å². The van der Waals surface area contributed by atoms with E-state index in [9.17, 15) is 4.79 Å². The predicted molar refractivity (Wildman–Crippen MR) is 75.8 cm³/mol. The molecule has 1 aromatic carbocycles. The highest BCUT2D eigenvalue weighted by atomic mass is 16.6. The molecule has 0 radical (unpaired) electrons. The molecule has 0 saturated heterocycles. The van der Waals surface area contributed by atoms with Gasteiger partial charge in [0, 0.05) is 0 Å². The van der Waals surface area contributed by atoms with Crippen molar-refractivity contribution >= 4 is 23.1 Å². The molecule has 0 unspecified atom stereocenters. The van der Waals surface area contributed by atoms with Crippen LogP contribution in [0.25, 0.3) is 11.1 Å². The molecule has 0 amide bonds. The topological polar surface area (TPSA) is 119 Å². The second kappa shape index (κ2) is 6.04. The number of esters is 1. The molecule has 0 spiro atoms. The number of aromatic nitrogens is 5. The van der Waals surface area contributed by atoms with Crippen LogP contribution in [0.4, 0.5) is 6.01 Å². The van der Waals surface area contributed by atoms with Gasteiger partial charge in [0.2, 0.25) is 0 Å². The zero-order valence-electron chi connectivity index (χ0n) is 11.6. The largest absolute Gasteiger partial charge is 0.423 e. The van der Waals surface area contributed by atoms with Gasteiger partial charge in [-0.3, -0.25) is 0 Å². The number of nitrogens with one attached hydrogen (secondary N) is 2. The normalized spacial score (nSPS) is 11.6. The lowest BCUT2D eigenvalue weighted by Crippen LogP contribution is -2.18. The second-order valence-corrected chi connectivity index (χ2v) is 4.22. The maximum atomic E-state index is 12.1. The monoisotopic (exact) mass is 300 g/mol. The van der Waals surface area contributed by atoms with Crippen LogP contribution in [-0.2, 0) is 4.79 Å². The Labute approximate surface area is 124 Å². The molecule has 112 valence electrons. The number of carbonyl (C=O) groups excluding carboxylic acids is 1. The highest BCUT2D eigenvalue weighted by molar-refractivity contribution is 5.92. The number of nitrogens with zero attached hydrogens (tertiary/aromatic N) is 4. The average molecular weight is 300 g/mol. The number of carbonyl (C=O) groups is 1. The van der Waals surface area contributed by atoms with E-state index in [1.54, 1.807) is 12.1 Å². The Balaban J connectivity index is 1.79. The third-order valence-corrected chi connectivity index (χ3v) is 2.67. The van der Waals surface area contributed by atoms with Gasteiger partial charge in [0.05, 0.1) is 0 Å². The Kier molecular flexibility index (Phi) is 3.77. The second-order valence-electron chi connectivity index (χ2n) is 4.22. The predicted octanol–water partition coefficient (Wildman–Crippen LogP) is 1.65. The van der Waals surface area contributed by atoms with Crippen molar-refractivity contribution in [1.82, 2.24) is 25.6 Å². The Bertz CT molecular complexity index is 775. The molecule has 0 aliphatic heterocycles. The fourth-order valence-corrected chi connectivity index (χ4v) is 1.76. The molecule has 3 aromatic rings. The number of para-hydroxylation sites is 2. The minimum atomic E-state index is -0.662. The van der Waals surface area contributed by atoms with Gasteiger partial charge in [-0.15, -0.1) is 0 Å². The average Bonchev–Trinajstić information content (AvgIpc) is 3.15. The molecule has 3 rings (SSSR count). The lowest BCUT2D eigenvalue weighted by molar-refractivity contribution is -0.130. The van der Waals surface area contributed by atoms with Crippen LogP contribution in [0, 0.1) is 0 Å². The summed E-state index contributed by atoms with van der Waals surface area (Å²) in [5.74, 6) is -0.662. The van der Waals surface area contributed by atoms with Crippen LogP contribution in [0.1, 0.15) is 13.3 Å². The highest BCUT2D eigenvalue weighted by Gasteiger charge is 2.17. The molecule has 0 fully saturated rings. The number of anilines is 1. The van der Waals surface area contributed by atoms with Crippen molar-refractivity contribution in [2.75, 3.05) is 5.32 Å². The van der Waals surface area contributed by atoms with E-state index in [0.717, 1.165) is 0 Å². The Morgan fingerprint density at radius 2 is 2.32 bits per heavy atom. The van der Waals surface area contributed by atoms with E-state index in [4.69, 9.17) is 9.15 Å². The summed E-state index contributed by atoms with van der Waals surface area (Å²) in [5, 5.41) is 15.4. The molecule has 0 atom stereocenters. The Morgan fingerprint density at radius 3 is 3.05 bits per heavy atom. The minimum absolute atomic E-state index is 0.161. The van der Waals surface area contributed by atoms with Crippen LogP contribution in [0.3, 0.4) is 0 Å². The van der Waals surface area contributed by atoms with Gasteiger partial charge in [-0.1, -0.05) is 35.3 Å². The van der Waals surface area contributed by atoms with Gasteiger partial charge in [-0.2, -0.15) is 10.2 Å². The van der Waals surface area contributed by atoms with E-state index in [1.165, 1.54) is 0 Å². The summed E-state index contributed by atoms with van der Waals surface area (Å²) in [5.41, 5.74) is 1.48. The number of hydrogen-bond donors (Lipinski definition) is 2. The minimum Gasteiger partial charge on any atom is -0.423 e. The molecule has 9 nitrogen and oxygen atoms in total. The van der Waals surface area contributed by atoms with Crippen LogP contribution in [-0.4, -0.2) is 31.6 Å². The van der Waals surface area contributed by atoms with E-state index in [1.807, 2.05) is 25.1 Å². The highest BCUT2D eigenvalue weighted by Crippen LogP contribution is 2.19. The van der Waals surface area contributed by atoms with Crippen LogP contribution < -0.4 is 10.1 Å². The summed E-state index contributed by atoms with van der Waals surface area (Å²) in [6.07, 6.45) is 2.27. The van der Waals surface area contributed by atoms with Gasteiger partial charge in [0.15, 0.2) is 5.58 Å². The SMILES string of the molecule is CCC=C(Nc1nc2ccccc2o1)C(=O)Oc1nn[nH]n1. The molecule has 0 saturated carbocycles. The Hall–Kier alpha value is -3.23. The van der Waals surface area contributed by atoms with Gasteiger partial charge in [0.1, 0.15) is 11.2 Å². The van der Waals surface area contributed by atoms with Crippen molar-refractivity contribution in [2.24, 2.45) is 0 Å². The number of fused-ring (bicyclic) bond motifs is 1. The summed E-state index contributed by atoms with van der Waals surface area (Å²) < 4.78 is 10.5. The fraction of sp³-hybridized carbons (Fsp3) is 0.154. The maximum absolute atomic E-state index is 12.1. The number of tetrazole rings is 1. The number of ether oxygens (including phenoxy) is 1. The molecule has 0 aliphatic carbocycles. The number of oxazole rings is 1. The van der Waals surface area contributed by atoms with E-state index in [-0.39, 0.29) is 17.7 Å². The lowest BCUT2D eigenvalue weighted by atomic mass is 10.3. The molecular weight excluding hydrogens is 288 g/mol. The van der Waals surface area contributed by atoms with Gasteiger partial charge < -0.3 is 14.5 Å². The zero-order chi connectivity index (χ0) is 15.4. The summed E-state index contributed by atoms with van der Waals surface area (Å²) in [7, 11) is 0. The number of rotatable bonds is 5. The Morgan fingerprint density at radius 1 is 1.45 bits per heavy atom. The summed E-state index contributed by atoms with van der Waals surface area (Å²) in [6, 6.07) is 7.32. The number of allylic oxidation sites excluding steroid dienone is 1. The fourth-order valence-electron chi connectivity index (χ4n) is 1.76. The molecule has 22 heavy (non-hydrogen) atoms. The quantitative estimate of drug-likeness (QED) is 0.539. The van der Waals surface area contributed by atoms with Crippen molar-refractivity contribution in [3.8, 4) is 6.01 Å². The standard InChI is InChI=1S/C13H12N6O3/c1-2-5-9(11(20)22-13-16-18-19-17-13)15-12-14-8-6-3-4-7-10(8)21-12/h3-7H,2H2,1H3,(H,14,15)(H,16,17,18,19). The summed E-state index contributed by atoms with van der Waals surface area (Å²) in [6.45, 7) is 1.88. The maximum Gasteiger partial charge on any atom is 0.363 e. The van der Waals surface area contributed by atoms with Crippen LogP contribution in [0.15, 0.2) is 40.5 Å². The van der Waals surface area contributed by atoms with E-state index < -0.39 is 5.97 Å². The van der Waals surface area contributed by atoms with Gasteiger partial charge in [0.25, 0.3) is 6.01 Å². The van der Waals surface area contributed by atoms with E-state index >= 15 is 0 Å². The first kappa shape index (κ1) is 13.7. The molecule has 0 aliphatic rings. The first-order valence-corrected chi connectivity index (χ1v) is 6.54. The van der Waals surface area contributed by atoms with Crippen LogP contribution in [0.2, 0.25) is 0 Å². The van der Waals surface area contributed by atoms with Gasteiger partial charge in [-0.25, -0.2) is 4.79 Å². The number of hydrogen-bond acceptors (Lipinski definition) is 8. The van der Waals surface area contributed by atoms with Crippen molar-refractivity contribution < 1.29 is 13.9 Å². The third kappa shape index (κ3) is 2.92. The molecule has 2 aromatic heterocycles. The molecule has 2 N–H and O–H groups in total. The first-order chi connectivity index (χ1) is 10.8. The number of aromatic amines is 1. The summed E-state index contributed by atoms with van der Waals surface area (Å²) in [4.78, 5) is 16.3. The van der Waals surface area contributed by atoms with Gasteiger partial charge >= 0.3 is 12.0 Å². The summed E-state index contributed by atoms with van der Waals surface area (Å²) >= 11 is 0. The smallest absolute Gasteiger partial charge is 0.363 e. The van der Waals surface area contributed by atoms with Crippen molar-refractivity contribution in [3.05, 3.63) is 36.0 Å². The zero-order valence-corrected chi connectivity index (χ0v) is 11.6. The van der Waals surface area contributed by atoms with E-state index in [0.29, 0.717) is 17.5 Å².